The average Bonchev–Trinajstić information content (AvgIpc) is 2.25. The van der Waals surface area contributed by atoms with Crippen molar-refractivity contribution in [3.63, 3.8) is 0 Å². The third kappa shape index (κ3) is 4.21. The zero-order valence-corrected chi connectivity index (χ0v) is 9.53. The number of nitrogens with two attached hydrogens (primary N) is 1. The van der Waals surface area contributed by atoms with Crippen LogP contribution in [0, 0.1) is 17.1 Å². The van der Waals surface area contributed by atoms with Crippen molar-refractivity contribution in [2.75, 3.05) is 0 Å². The summed E-state index contributed by atoms with van der Waals surface area (Å²) in [6, 6.07) is 5.87. The molecule has 0 aliphatic carbocycles. The molecule has 1 rings (SSSR count). The minimum absolute atomic E-state index is 0.109. The van der Waals surface area contributed by atoms with Crippen LogP contribution in [0.25, 0.3) is 0 Å². The number of primary amides is 1. The lowest BCUT2D eigenvalue weighted by Crippen LogP contribution is -2.30. The van der Waals surface area contributed by atoms with Crippen LogP contribution in [0.15, 0.2) is 18.2 Å². The molecule has 1 unspecified atom stereocenters. The van der Waals surface area contributed by atoms with E-state index < -0.39 is 5.91 Å². The number of nitriles is 1. The van der Waals surface area contributed by atoms with Crippen LogP contribution < -0.4 is 11.1 Å². The summed E-state index contributed by atoms with van der Waals surface area (Å²) in [5.74, 6) is -0.784. The number of hydrogen-bond acceptors (Lipinski definition) is 3. The Morgan fingerprint density at radius 2 is 2.35 bits per heavy atom. The number of nitrogens with one attached hydrogen (secondary N) is 1. The third-order valence-corrected chi connectivity index (χ3v) is 2.34. The number of hydrogen-bond donors (Lipinski definition) is 2. The van der Waals surface area contributed by atoms with Crippen LogP contribution in [0.2, 0.25) is 0 Å². The van der Waals surface area contributed by atoms with Gasteiger partial charge in [0.05, 0.1) is 11.6 Å². The first kappa shape index (κ1) is 13.1. The van der Waals surface area contributed by atoms with E-state index in [0.717, 1.165) is 0 Å². The smallest absolute Gasteiger partial charge is 0.218 e. The largest absolute Gasteiger partial charge is 0.370 e. The maximum absolute atomic E-state index is 13.0. The van der Waals surface area contributed by atoms with E-state index in [1.807, 2.05) is 6.07 Å². The lowest BCUT2D eigenvalue weighted by Gasteiger charge is -2.12. The van der Waals surface area contributed by atoms with E-state index in [4.69, 9.17) is 11.0 Å². The Morgan fingerprint density at radius 1 is 1.65 bits per heavy atom. The summed E-state index contributed by atoms with van der Waals surface area (Å²) in [5.41, 5.74) is 6.05. The normalized spacial score (nSPS) is 11.8. The molecular weight excluding hydrogens is 221 g/mol. The monoisotopic (exact) mass is 235 g/mol. The van der Waals surface area contributed by atoms with Crippen molar-refractivity contribution in [1.82, 2.24) is 5.32 Å². The van der Waals surface area contributed by atoms with Gasteiger partial charge in [0.2, 0.25) is 5.91 Å². The standard InChI is InChI=1S/C12H14FN3O/c1-8(4-12(15)17)16-7-10-5-11(13)3-2-9(10)6-14/h2-3,5,8,16H,4,7H2,1H3,(H2,15,17). The Balaban J connectivity index is 2.66. The summed E-state index contributed by atoms with van der Waals surface area (Å²) in [4.78, 5) is 10.7. The minimum atomic E-state index is -0.398. The Bertz CT molecular complexity index is 454. The fourth-order valence-electron chi connectivity index (χ4n) is 1.48. The molecule has 0 aliphatic rings. The summed E-state index contributed by atoms with van der Waals surface area (Å²) in [7, 11) is 0. The summed E-state index contributed by atoms with van der Waals surface area (Å²) >= 11 is 0. The molecule has 0 bridgehead atoms. The van der Waals surface area contributed by atoms with E-state index in [2.05, 4.69) is 5.32 Å². The van der Waals surface area contributed by atoms with Gasteiger partial charge in [-0.25, -0.2) is 4.39 Å². The van der Waals surface area contributed by atoms with Gasteiger partial charge in [-0.2, -0.15) is 5.26 Å². The van der Waals surface area contributed by atoms with Crippen LogP contribution in [-0.2, 0) is 11.3 Å². The lowest BCUT2D eigenvalue weighted by atomic mass is 10.1. The van der Waals surface area contributed by atoms with Gasteiger partial charge < -0.3 is 11.1 Å². The van der Waals surface area contributed by atoms with Gasteiger partial charge in [-0.15, -0.1) is 0 Å². The summed E-state index contributed by atoms with van der Waals surface area (Å²) in [6.07, 6.45) is 0.206. The average molecular weight is 235 g/mol. The van der Waals surface area contributed by atoms with E-state index in [1.165, 1.54) is 18.2 Å². The molecule has 0 aromatic heterocycles. The highest BCUT2D eigenvalue weighted by atomic mass is 19.1. The SMILES string of the molecule is CC(CC(N)=O)NCc1cc(F)ccc1C#N. The van der Waals surface area contributed by atoms with E-state index in [1.54, 1.807) is 6.92 Å². The van der Waals surface area contributed by atoms with E-state index in [9.17, 15) is 9.18 Å². The van der Waals surface area contributed by atoms with Crippen LogP contribution in [-0.4, -0.2) is 11.9 Å². The second-order valence-corrected chi connectivity index (χ2v) is 3.87. The summed E-state index contributed by atoms with van der Waals surface area (Å²) in [5, 5.41) is 11.9. The zero-order valence-electron chi connectivity index (χ0n) is 9.53. The fraction of sp³-hybridized carbons (Fsp3) is 0.333. The predicted molar refractivity (Wildman–Crippen MR) is 61.2 cm³/mol. The van der Waals surface area contributed by atoms with Crippen molar-refractivity contribution in [3.8, 4) is 6.07 Å². The van der Waals surface area contributed by atoms with E-state index >= 15 is 0 Å². The van der Waals surface area contributed by atoms with Gasteiger partial charge in [0.15, 0.2) is 0 Å². The van der Waals surface area contributed by atoms with E-state index in [0.29, 0.717) is 17.7 Å². The van der Waals surface area contributed by atoms with Crippen LogP contribution in [0.1, 0.15) is 24.5 Å². The van der Waals surface area contributed by atoms with Crippen molar-refractivity contribution in [1.29, 1.82) is 5.26 Å². The molecule has 0 radical (unpaired) electrons. The molecule has 90 valence electrons. The second-order valence-electron chi connectivity index (χ2n) is 3.87. The molecule has 0 spiro atoms. The molecule has 0 heterocycles. The number of halogens is 1. The molecule has 1 aromatic carbocycles. The number of carbonyl (C=O) groups is 1. The molecule has 17 heavy (non-hydrogen) atoms. The van der Waals surface area contributed by atoms with Crippen molar-refractivity contribution < 1.29 is 9.18 Å². The van der Waals surface area contributed by atoms with Gasteiger partial charge in [0.25, 0.3) is 0 Å². The van der Waals surface area contributed by atoms with Gasteiger partial charge in [0, 0.05) is 19.0 Å². The number of amides is 1. The molecule has 1 amide bonds. The van der Waals surface area contributed by atoms with Crippen molar-refractivity contribution in [2.45, 2.75) is 25.9 Å². The minimum Gasteiger partial charge on any atom is -0.370 e. The molecule has 0 saturated heterocycles. The Labute approximate surface area is 99.2 Å². The number of rotatable bonds is 5. The van der Waals surface area contributed by atoms with Crippen LogP contribution >= 0.6 is 0 Å². The first-order valence-corrected chi connectivity index (χ1v) is 5.23. The highest BCUT2D eigenvalue weighted by Crippen LogP contribution is 2.10. The van der Waals surface area contributed by atoms with Gasteiger partial charge in [-0.1, -0.05) is 0 Å². The van der Waals surface area contributed by atoms with Crippen LogP contribution in [0.4, 0.5) is 4.39 Å². The lowest BCUT2D eigenvalue weighted by molar-refractivity contribution is -0.118. The summed E-state index contributed by atoms with van der Waals surface area (Å²) < 4.78 is 13.0. The highest BCUT2D eigenvalue weighted by molar-refractivity contribution is 5.74. The van der Waals surface area contributed by atoms with Crippen molar-refractivity contribution in [2.24, 2.45) is 5.73 Å². The van der Waals surface area contributed by atoms with Crippen molar-refractivity contribution >= 4 is 5.91 Å². The van der Waals surface area contributed by atoms with Gasteiger partial charge >= 0.3 is 0 Å². The van der Waals surface area contributed by atoms with Crippen LogP contribution in [0.3, 0.4) is 0 Å². The fourth-order valence-corrected chi connectivity index (χ4v) is 1.48. The zero-order chi connectivity index (χ0) is 12.8. The van der Waals surface area contributed by atoms with Crippen molar-refractivity contribution in [3.05, 3.63) is 35.1 Å². The number of benzene rings is 1. The van der Waals surface area contributed by atoms with Gasteiger partial charge in [0.1, 0.15) is 5.82 Å². The Morgan fingerprint density at radius 3 is 2.94 bits per heavy atom. The van der Waals surface area contributed by atoms with Crippen LogP contribution in [0.5, 0.6) is 0 Å². The topological polar surface area (TPSA) is 78.9 Å². The molecule has 3 N–H and O–H groups in total. The van der Waals surface area contributed by atoms with Gasteiger partial charge in [-0.3, -0.25) is 4.79 Å². The number of carbonyl (C=O) groups excluding carboxylic acids is 1. The van der Waals surface area contributed by atoms with Gasteiger partial charge in [-0.05, 0) is 30.7 Å². The highest BCUT2D eigenvalue weighted by Gasteiger charge is 2.08. The molecule has 0 fully saturated rings. The Kier molecular flexibility index (Phi) is 4.61. The quantitative estimate of drug-likeness (QED) is 0.800. The predicted octanol–water partition coefficient (Wildman–Crippen LogP) is 1.05. The molecular formula is C12H14FN3O. The first-order chi connectivity index (χ1) is 8.02. The van der Waals surface area contributed by atoms with E-state index in [-0.39, 0.29) is 18.3 Å². The maximum atomic E-state index is 13.0. The number of nitrogens with zero attached hydrogens (tertiary/aromatic N) is 1. The summed E-state index contributed by atoms with van der Waals surface area (Å²) in [6.45, 7) is 2.13. The second kappa shape index (κ2) is 5.97. The molecule has 1 aromatic rings. The first-order valence-electron chi connectivity index (χ1n) is 5.23. The molecule has 5 heteroatoms. The molecule has 1 atom stereocenters. The Hall–Kier alpha value is -1.93. The molecule has 0 saturated carbocycles. The third-order valence-electron chi connectivity index (χ3n) is 2.34. The molecule has 0 aliphatic heterocycles. The molecule has 4 nitrogen and oxygen atoms in total. The maximum Gasteiger partial charge on any atom is 0.218 e.